The number of fused-ring (bicyclic) bond motifs is 1. The van der Waals surface area contributed by atoms with E-state index in [1.807, 2.05) is 13.8 Å². The van der Waals surface area contributed by atoms with Crippen molar-refractivity contribution >= 4 is 23.2 Å². The number of nitrogen functional groups attached to an aromatic ring is 1. The van der Waals surface area contributed by atoms with Gasteiger partial charge >= 0.3 is 0 Å². The highest BCUT2D eigenvalue weighted by Gasteiger charge is 2.15. The molecule has 0 aliphatic rings. The second-order valence-electron chi connectivity index (χ2n) is 5.18. The minimum Gasteiger partial charge on any atom is -0.382 e. The van der Waals surface area contributed by atoms with E-state index in [1.165, 1.54) is 0 Å². The number of nitrogens with zero attached hydrogens (tertiary/aromatic N) is 3. The van der Waals surface area contributed by atoms with Crippen molar-refractivity contribution in [1.29, 1.82) is 0 Å². The van der Waals surface area contributed by atoms with Crippen molar-refractivity contribution in [3.63, 3.8) is 0 Å². The molecule has 7 heteroatoms. The number of hydrogen-bond donors (Lipinski definition) is 3. The Bertz CT molecular complexity index is 606. The molecule has 0 saturated carbocycles. The molecule has 1 unspecified atom stereocenters. The third-order valence-corrected chi connectivity index (χ3v) is 2.82. The number of amides is 1. The zero-order chi connectivity index (χ0) is 14.7. The topological polar surface area (TPSA) is 97.3 Å². The van der Waals surface area contributed by atoms with Gasteiger partial charge in [0, 0.05) is 18.9 Å². The summed E-state index contributed by atoms with van der Waals surface area (Å²) < 4.78 is 1.77. The number of nitrogens with one attached hydrogen (secondary N) is 2. The lowest BCUT2D eigenvalue weighted by Crippen LogP contribution is -2.39. The van der Waals surface area contributed by atoms with Crippen molar-refractivity contribution in [2.24, 2.45) is 5.92 Å². The van der Waals surface area contributed by atoms with Crippen LogP contribution in [0.3, 0.4) is 0 Å². The van der Waals surface area contributed by atoms with Crippen LogP contribution in [0, 0.1) is 5.92 Å². The van der Waals surface area contributed by atoms with Gasteiger partial charge in [0.15, 0.2) is 11.5 Å². The largest absolute Gasteiger partial charge is 0.382 e. The molecule has 0 aromatic carbocycles. The van der Waals surface area contributed by atoms with E-state index in [-0.39, 0.29) is 5.91 Å². The molecule has 2 rings (SSSR count). The zero-order valence-corrected chi connectivity index (χ0v) is 11.9. The van der Waals surface area contributed by atoms with E-state index >= 15 is 0 Å². The maximum atomic E-state index is 12.0. The third kappa shape index (κ3) is 3.17. The lowest BCUT2D eigenvalue weighted by atomic mass is 10.2. The second kappa shape index (κ2) is 5.77. The van der Waals surface area contributed by atoms with Crippen LogP contribution in [0.4, 0.5) is 11.6 Å². The summed E-state index contributed by atoms with van der Waals surface area (Å²) in [6.07, 6.45) is 5.12. The molecule has 2 aromatic heterocycles. The minimum atomic E-state index is -0.413. The van der Waals surface area contributed by atoms with E-state index in [1.54, 1.807) is 29.9 Å². The number of aromatic nitrogens is 3. The molecule has 108 valence electrons. The van der Waals surface area contributed by atoms with Gasteiger partial charge in [0.25, 0.3) is 0 Å². The van der Waals surface area contributed by atoms with Crippen molar-refractivity contribution in [3.8, 4) is 0 Å². The smallest absolute Gasteiger partial charge is 0.242 e. The van der Waals surface area contributed by atoms with Crippen molar-refractivity contribution in [3.05, 3.63) is 18.6 Å². The van der Waals surface area contributed by atoms with Gasteiger partial charge in [-0.25, -0.2) is 9.97 Å². The van der Waals surface area contributed by atoms with E-state index in [4.69, 9.17) is 5.73 Å². The number of anilines is 2. The van der Waals surface area contributed by atoms with Crippen LogP contribution in [0.15, 0.2) is 18.6 Å². The van der Waals surface area contributed by atoms with Crippen molar-refractivity contribution in [2.75, 3.05) is 17.6 Å². The van der Waals surface area contributed by atoms with Crippen LogP contribution < -0.4 is 16.4 Å². The summed E-state index contributed by atoms with van der Waals surface area (Å²) in [6.45, 7) is 6.52. The van der Waals surface area contributed by atoms with Crippen LogP contribution in [0.5, 0.6) is 0 Å². The fourth-order valence-corrected chi connectivity index (χ4v) is 1.78. The average molecular weight is 276 g/mol. The standard InChI is InChI=1S/C13H20N6O/c1-8(2)6-16-13(20)9(3)17-11-12-15-4-5-19(12)7-10(14)18-11/h4-5,7-9H,6,14H2,1-3H3,(H,16,20)(H,17,18). The summed E-state index contributed by atoms with van der Waals surface area (Å²) in [5, 5.41) is 5.92. The second-order valence-corrected chi connectivity index (χ2v) is 5.18. The Labute approximate surface area is 117 Å². The molecule has 0 bridgehead atoms. The zero-order valence-electron chi connectivity index (χ0n) is 11.9. The molecule has 0 aliphatic carbocycles. The van der Waals surface area contributed by atoms with E-state index in [0.717, 1.165) is 0 Å². The Hall–Kier alpha value is -2.31. The summed E-state index contributed by atoms with van der Waals surface area (Å²) in [6, 6.07) is -0.413. The van der Waals surface area contributed by atoms with Crippen LogP contribution >= 0.6 is 0 Å². The number of hydrogen-bond acceptors (Lipinski definition) is 5. The normalized spacial score (nSPS) is 12.6. The van der Waals surface area contributed by atoms with Gasteiger partial charge in [-0.1, -0.05) is 13.8 Å². The molecule has 4 N–H and O–H groups in total. The summed E-state index contributed by atoms with van der Waals surface area (Å²) >= 11 is 0. The Morgan fingerprint density at radius 2 is 2.20 bits per heavy atom. The fourth-order valence-electron chi connectivity index (χ4n) is 1.78. The van der Waals surface area contributed by atoms with Crippen LogP contribution in [0.1, 0.15) is 20.8 Å². The predicted molar refractivity (Wildman–Crippen MR) is 78.3 cm³/mol. The van der Waals surface area contributed by atoms with Gasteiger partial charge in [0.1, 0.15) is 11.9 Å². The van der Waals surface area contributed by atoms with Gasteiger partial charge in [-0.2, -0.15) is 0 Å². The molecule has 0 spiro atoms. The lowest BCUT2D eigenvalue weighted by Gasteiger charge is -2.16. The van der Waals surface area contributed by atoms with Gasteiger partial charge in [0.2, 0.25) is 5.91 Å². The van der Waals surface area contributed by atoms with E-state index in [9.17, 15) is 4.79 Å². The monoisotopic (exact) mass is 276 g/mol. The number of carbonyl (C=O) groups excluding carboxylic acids is 1. The van der Waals surface area contributed by atoms with Crippen LogP contribution in [-0.4, -0.2) is 32.9 Å². The van der Waals surface area contributed by atoms with Gasteiger partial charge in [0.05, 0.1) is 6.20 Å². The lowest BCUT2D eigenvalue weighted by molar-refractivity contribution is -0.121. The highest BCUT2D eigenvalue weighted by atomic mass is 16.2. The van der Waals surface area contributed by atoms with Crippen LogP contribution in [0.25, 0.3) is 5.65 Å². The number of carbonyl (C=O) groups is 1. The summed E-state index contributed by atoms with van der Waals surface area (Å²) in [5.41, 5.74) is 6.38. The first kappa shape index (κ1) is 14.1. The molecule has 7 nitrogen and oxygen atoms in total. The highest BCUT2D eigenvalue weighted by Crippen LogP contribution is 2.15. The molecule has 1 atom stereocenters. The summed E-state index contributed by atoms with van der Waals surface area (Å²) in [5.74, 6) is 1.21. The minimum absolute atomic E-state index is 0.0763. The quantitative estimate of drug-likeness (QED) is 0.753. The molecule has 1 amide bonds. The molecule has 0 radical (unpaired) electrons. The van der Waals surface area contributed by atoms with Crippen LogP contribution in [-0.2, 0) is 4.79 Å². The molecule has 0 saturated heterocycles. The first-order valence-electron chi connectivity index (χ1n) is 6.61. The first-order chi connectivity index (χ1) is 9.47. The maximum Gasteiger partial charge on any atom is 0.242 e. The third-order valence-electron chi connectivity index (χ3n) is 2.82. The highest BCUT2D eigenvalue weighted by molar-refractivity contribution is 5.85. The maximum absolute atomic E-state index is 12.0. The predicted octanol–water partition coefficient (Wildman–Crippen LogP) is 0.884. The van der Waals surface area contributed by atoms with Gasteiger partial charge < -0.3 is 20.8 Å². The number of imidazole rings is 1. The van der Waals surface area contributed by atoms with Crippen molar-refractivity contribution in [2.45, 2.75) is 26.8 Å². The van der Waals surface area contributed by atoms with Gasteiger partial charge in [-0.05, 0) is 12.8 Å². The summed E-state index contributed by atoms with van der Waals surface area (Å²) in [7, 11) is 0. The van der Waals surface area contributed by atoms with E-state index < -0.39 is 6.04 Å². The molecule has 0 aliphatic heterocycles. The van der Waals surface area contributed by atoms with E-state index in [0.29, 0.717) is 29.7 Å². The van der Waals surface area contributed by atoms with Crippen molar-refractivity contribution in [1.82, 2.24) is 19.7 Å². The fraction of sp³-hybridized carbons (Fsp3) is 0.462. The molecule has 2 heterocycles. The molecular formula is C13H20N6O. The SMILES string of the molecule is CC(C)CNC(=O)C(C)Nc1nc(N)cn2ccnc12. The Morgan fingerprint density at radius 1 is 1.45 bits per heavy atom. The molecule has 0 fully saturated rings. The van der Waals surface area contributed by atoms with E-state index in [2.05, 4.69) is 20.6 Å². The van der Waals surface area contributed by atoms with Crippen molar-refractivity contribution < 1.29 is 4.79 Å². The number of nitrogens with two attached hydrogens (primary N) is 1. The average Bonchev–Trinajstić information content (AvgIpc) is 2.83. The Kier molecular flexibility index (Phi) is 4.07. The summed E-state index contributed by atoms with van der Waals surface area (Å²) in [4.78, 5) is 20.3. The molecule has 20 heavy (non-hydrogen) atoms. The van der Waals surface area contributed by atoms with Crippen LogP contribution in [0.2, 0.25) is 0 Å². The Morgan fingerprint density at radius 3 is 2.90 bits per heavy atom. The molecule has 2 aromatic rings. The van der Waals surface area contributed by atoms with Gasteiger partial charge in [-0.15, -0.1) is 0 Å². The Balaban J connectivity index is 2.11. The van der Waals surface area contributed by atoms with Gasteiger partial charge in [-0.3, -0.25) is 4.79 Å². The first-order valence-corrected chi connectivity index (χ1v) is 6.61. The number of rotatable bonds is 5. The molecular weight excluding hydrogens is 256 g/mol.